The van der Waals surface area contributed by atoms with Crippen molar-refractivity contribution in [3.63, 3.8) is 0 Å². The molecule has 3 unspecified atom stereocenters. The highest BCUT2D eigenvalue weighted by Gasteiger charge is 2.39. The Morgan fingerprint density at radius 3 is 1.87 bits per heavy atom. The molecule has 0 radical (unpaired) electrons. The number of carbonyl (C=O) groups is 4. The number of nitrogens with one attached hydrogen (secondary N) is 2. The maximum atomic E-state index is 14.0. The molecule has 9 nitrogen and oxygen atoms in total. The lowest BCUT2D eigenvalue weighted by Gasteiger charge is -2.37. The molecular formula is C59H74N4O5. The Morgan fingerprint density at radius 2 is 1.37 bits per heavy atom. The lowest BCUT2D eigenvalue weighted by atomic mass is 9.77. The molecule has 0 spiro atoms. The number of Topliss-reactive ketones (excluding diaryl/α,β-unsaturated/α-hetero) is 1. The maximum absolute atomic E-state index is 14.0. The molecule has 1 heterocycles. The third kappa shape index (κ3) is 14.0. The van der Waals surface area contributed by atoms with Crippen LogP contribution in [0.3, 0.4) is 0 Å². The first-order chi connectivity index (χ1) is 32.5. The van der Waals surface area contributed by atoms with Gasteiger partial charge in [-0.1, -0.05) is 188 Å². The van der Waals surface area contributed by atoms with Crippen LogP contribution in [0, 0.1) is 17.3 Å². The van der Waals surface area contributed by atoms with Crippen LogP contribution in [-0.4, -0.2) is 51.3 Å². The number of aromatic nitrogens is 2. The fraction of sp³-hybridized carbons (Fsp3) is 0.373. The van der Waals surface area contributed by atoms with Gasteiger partial charge in [-0.2, -0.15) is 0 Å². The van der Waals surface area contributed by atoms with E-state index in [9.17, 15) is 19.2 Å². The largest absolute Gasteiger partial charge is 0.458 e. The summed E-state index contributed by atoms with van der Waals surface area (Å²) in [7, 11) is 0. The zero-order valence-corrected chi connectivity index (χ0v) is 42.2. The first-order valence-electron chi connectivity index (χ1n) is 24.2. The summed E-state index contributed by atoms with van der Waals surface area (Å²) in [5.74, 6) is -1.58. The van der Waals surface area contributed by atoms with Crippen LogP contribution < -0.4 is 21.1 Å². The summed E-state index contributed by atoms with van der Waals surface area (Å²) >= 11 is 0. The van der Waals surface area contributed by atoms with E-state index in [0.717, 1.165) is 57.5 Å². The van der Waals surface area contributed by atoms with Gasteiger partial charge in [0, 0.05) is 12.6 Å². The highest BCUT2D eigenvalue weighted by Crippen LogP contribution is 2.41. The topological polar surface area (TPSA) is 119 Å². The van der Waals surface area contributed by atoms with Gasteiger partial charge in [0.05, 0.1) is 29.4 Å². The average molecular weight is 919 g/mol. The van der Waals surface area contributed by atoms with Crippen LogP contribution in [0.15, 0.2) is 139 Å². The highest BCUT2D eigenvalue weighted by atomic mass is 16.5. The Morgan fingerprint density at radius 1 is 0.809 bits per heavy atom. The van der Waals surface area contributed by atoms with Crippen molar-refractivity contribution in [2.75, 3.05) is 0 Å². The van der Waals surface area contributed by atoms with Gasteiger partial charge in [0.15, 0.2) is 5.78 Å². The standard InChI is InChI=1S/C57H68N4O5.C2H6/c1-11-12-22-41(5)54(64)66-44(8)40(4)29-31-46-32-30-45(35-42(46)6)33-34-56(9,10)55(65)60-52(39(2)3)53(63)59-51(43(7)62)36-50-37-61(38-58-50)57(47-23-16-13-17-24-47,48-25-18-14-19-26-48)49-27-20-15-21-28-49;1-2/h13-21,23-35,37-39,41,44,51-52H,6,11-12,22,36H2,1-5,7-10H3,(H,59,63)(H,60,65);1-2H3/b34-33+,40-29+,46-31-;/t41?,44-,51?,52?;/m1./s1. The lowest BCUT2D eigenvalue weighted by molar-refractivity contribution is -0.151. The minimum absolute atomic E-state index is 0.127. The Kier molecular flexibility index (Phi) is 20.3. The minimum Gasteiger partial charge on any atom is -0.458 e. The molecule has 5 aromatic rings. The molecule has 0 saturated heterocycles. The van der Waals surface area contributed by atoms with Gasteiger partial charge in [-0.25, -0.2) is 4.98 Å². The van der Waals surface area contributed by atoms with Gasteiger partial charge in [-0.3, -0.25) is 19.2 Å². The molecule has 68 heavy (non-hydrogen) atoms. The Balaban J connectivity index is 0.00000497. The Hall–Kier alpha value is -6.61. The second-order valence-electron chi connectivity index (χ2n) is 18.4. The van der Waals surface area contributed by atoms with E-state index >= 15 is 0 Å². The van der Waals surface area contributed by atoms with E-state index in [2.05, 4.69) is 65.1 Å². The summed E-state index contributed by atoms with van der Waals surface area (Å²) in [4.78, 5) is 58.4. The number of unbranched alkanes of at least 4 members (excludes halogenated alkanes) is 1. The molecular weight excluding hydrogens is 845 g/mol. The zero-order chi connectivity index (χ0) is 50.0. The predicted octanol–water partition coefficient (Wildman–Crippen LogP) is 10.1. The number of rotatable bonds is 21. The van der Waals surface area contributed by atoms with Crippen LogP contribution in [0.25, 0.3) is 18.7 Å². The van der Waals surface area contributed by atoms with Crippen molar-refractivity contribution in [1.29, 1.82) is 0 Å². The Labute approximate surface area is 405 Å². The molecule has 0 fully saturated rings. The molecule has 9 heteroatoms. The van der Waals surface area contributed by atoms with Crippen molar-refractivity contribution >= 4 is 42.3 Å². The van der Waals surface area contributed by atoms with Gasteiger partial charge in [0.25, 0.3) is 0 Å². The molecule has 0 saturated carbocycles. The summed E-state index contributed by atoms with van der Waals surface area (Å²) in [6.45, 7) is 24.9. The molecule has 0 aliphatic carbocycles. The SMILES string of the molecule is C=c1cc(/C=C/C(C)(C)C(=O)NC(C(=O)NC(Cc2cn(C(c3ccccc3)(c3ccccc3)c3ccccc3)cn2)C(C)=O)C(C)C)cc/c1=C/C=C(\C)[C@@H](C)OC(=O)C(C)CCCC.CC. The second kappa shape index (κ2) is 25.5. The van der Waals surface area contributed by atoms with Crippen LogP contribution in [0.4, 0.5) is 0 Å². The smallest absolute Gasteiger partial charge is 0.309 e. The average Bonchev–Trinajstić information content (AvgIpc) is 3.81. The molecule has 1 aromatic heterocycles. The minimum atomic E-state index is -0.990. The third-order valence-corrected chi connectivity index (χ3v) is 12.4. The monoisotopic (exact) mass is 919 g/mol. The molecule has 2 amide bonds. The molecule has 0 aliphatic rings. The van der Waals surface area contributed by atoms with Crippen molar-refractivity contribution < 1.29 is 23.9 Å². The summed E-state index contributed by atoms with van der Waals surface area (Å²) < 4.78 is 7.79. The number of nitrogens with zero attached hydrogens (tertiary/aromatic N) is 2. The summed E-state index contributed by atoms with van der Waals surface area (Å²) in [5.41, 5.74) is 3.75. The van der Waals surface area contributed by atoms with Crippen molar-refractivity contribution in [2.45, 2.75) is 126 Å². The highest BCUT2D eigenvalue weighted by molar-refractivity contribution is 5.94. The van der Waals surface area contributed by atoms with Crippen LogP contribution in [0.5, 0.6) is 0 Å². The van der Waals surface area contributed by atoms with E-state index < -0.39 is 28.9 Å². The molecule has 5 rings (SSSR count). The Bertz CT molecular complexity index is 2500. The number of esters is 1. The van der Waals surface area contributed by atoms with Gasteiger partial charge in [0.1, 0.15) is 17.7 Å². The third-order valence-electron chi connectivity index (χ3n) is 12.4. The first kappa shape index (κ1) is 54.0. The fourth-order valence-corrected chi connectivity index (χ4v) is 7.91. The zero-order valence-electron chi connectivity index (χ0n) is 42.2. The van der Waals surface area contributed by atoms with Gasteiger partial charge in [-0.15, -0.1) is 0 Å². The van der Waals surface area contributed by atoms with Gasteiger partial charge in [0.2, 0.25) is 11.8 Å². The van der Waals surface area contributed by atoms with Gasteiger partial charge < -0.3 is 19.9 Å². The molecule has 4 atom stereocenters. The number of amides is 2. The number of allylic oxidation sites excluding steroid dienone is 1. The van der Waals surface area contributed by atoms with Crippen LogP contribution in [-0.2, 0) is 35.9 Å². The number of hydrogen-bond acceptors (Lipinski definition) is 6. The predicted molar refractivity (Wildman–Crippen MR) is 278 cm³/mol. The fourth-order valence-electron chi connectivity index (χ4n) is 7.91. The van der Waals surface area contributed by atoms with E-state index in [1.807, 2.05) is 152 Å². The van der Waals surface area contributed by atoms with E-state index in [0.29, 0.717) is 5.69 Å². The van der Waals surface area contributed by atoms with Crippen molar-refractivity contribution in [3.05, 3.63) is 178 Å². The number of benzene rings is 4. The van der Waals surface area contributed by atoms with Gasteiger partial charge >= 0.3 is 5.97 Å². The maximum Gasteiger partial charge on any atom is 0.309 e. The van der Waals surface area contributed by atoms with Crippen LogP contribution in [0.1, 0.15) is 123 Å². The van der Waals surface area contributed by atoms with Crippen molar-refractivity contribution in [3.8, 4) is 0 Å². The summed E-state index contributed by atoms with van der Waals surface area (Å²) in [6, 6.07) is 34.8. The second-order valence-corrected chi connectivity index (χ2v) is 18.4. The van der Waals surface area contributed by atoms with E-state index in [-0.39, 0.29) is 42.0 Å². The molecule has 0 aliphatic heterocycles. The van der Waals surface area contributed by atoms with E-state index in [4.69, 9.17) is 9.72 Å². The number of hydrogen-bond donors (Lipinski definition) is 2. The molecule has 0 bridgehead atoms. The number of ether oxygens (including phenoxy) is 1. The summed E-state index contributed by atoms with van der Waals surface area (Å²) in [5, 5.41) is 7.64. The van der Waals surface area contributed by atoms with E-state index in [1.165, 1.54) is 6.92 Å². The molecule has 4 aromatic carbocycles. The van der Waals surface area contributed by atoms with Crippen LogP contribution in [0.2, 0.25) is 0 Å². The number of ketones is 1. The van der Waals surface area contributed by atoms with E-state index in [1.54, 1.807) is 20.2 Å². The quantitative estimate of drug-likeness (QED) is 0.0559. The van der Waals surface area contributed by atoms with Crippen molar-refractivity contribution in [2.24, 2.45) is 17.3 Å². The number of carbonyl (C=O) groups excluding carboxylic acids is 4. The molecule has 2 N–H and O–H groups in total. The van der Waals surface area contributed by atoms with Crippen molar-refractivity contribution in [1.82, 2.24) is 20.2 Å². The first-order valence-corrected chi connectivity index (χ1v) is 24.2. The molecule has 360 valence electrons. The number of imidazole rings is 1. The summed E-state index contributed by atoms with van der Waals surface area (Å²) in [6.07, 6.45) is 14.0. The normalized spacial score (nSPS) is 14.1. The van der Waals surface area contributed by atoms with Crippen LogP contribution >= 0.6 is 0 Å². The van der Waals surface area contributed by atoms with Gasteiger partial charge in [-0.05, 0) is 91.3 Å². The lowest BCUT2D eigenvalue weighted by Crippen LogP contribution is -2.55.